The Morgan fingerprint density at radius 3 is 2.58 bits per heavy atom. The van der Waals surface area contributed by atoms with Crippen molar-refractivity contribution in [2.75, 3.05) is 13.6 Å². The van der Waals surface area contributed by atoms with Crippen molar-refractivity contribution in [2.24, 2.45) is 5.73 Å². The summed E-state index contributed by atoms with van der Waals surface area (Å²) in [5.41, 5.74) is 6.62. The largest absolute Gasteiger partial charge is 0.326 e. The fraction of sp³-hybridized carbons (Fsp3) is 1.00. The van der Waals surface area contributed by atoms with Gasteiger partial charge in [0, 0.05) is 11.6 Å². The second kappa shape index (κ2) is 3.00. The smallest absolute Gasteiger partial charge is 0.0357 e. The lowest BCUT2D eigenvalue weighted by molar-refractivity contribution is 0.0961. The molecule has 0 bridgehead atoms. The highest BCUT2D eigenvalue weighted by atomic mass is 15.2. The number of nitrogens with two attached hydrogens (primary N) is 1. The molecule has 1 spiro atoms. The van der Waals surface area contributed by atoms with Crippen LogP contribution in [0.5, 0.6) is 0 Å². The Labute approximate surface area is 75.1 Å². The van der Waals surface area contributed by atoms with Gasteiger partial charge >= 0.3 is 0 Å². The third-order valence-corrected chi connectivity index (χ3v) is 3.93. The maximum Gasteiger partial charge on any atom is 0.0357 e. The average Bonchev–Trinajstić information content (AvgIpc) is 2.41. The van der Waals surface area contributed by atoms with Crippen LogP contribution in [-0.2, 0) is 0 Å². The van der Waals surface area contributed by atoms with E-state index in [0.29, 0.717) is 11.6 Å². The zero-order valence-corrected chi connectivity index (χ0v) is 8.05. The second-order valence-electron chi connectivity index (χ2n) is 4.48. The van der Waals surface area contributed by atoms with Gasteiger partial charge < -0.3 is 5.73 Å². The molecule has 12 heavy (non-hydrogen) atoms. The highest BCUT2D eigenvalue weighted by Gasteiger charge is 2.44. The van der Waals surface area contributed by atoms with Crippen LogP contribution in [0.25, 0.3) is 0 Å². The Balaban J connectivity index is 2.15. The summed E-state index contributed by atoms with van der Waals surface area (Å²) in [5, 5.41) is 0. The van der Waals surface area contributed by atoms with E-state index in [0.717, 1.165) is 0 Å². The fourth-order valence-electron chi connectivity index (χ4n) is 3.07. The predicted molar refractivity (Wildman–Crippen MR) is 51.0 cm³/mol. The van der Waals surface area contributed by atoms with E-state index in [-0.39, 0.29) is 0 Å². The van der Waals surface area contributed by atoms with Gasteiger partial charge in [0.2, 0.25) is 0 Å². The van der Waals surface area contributed by atoms with E-state index in [1.807, 2.05) is 0 Å². The monoisotopic (exact) mass is 168 g/mol. The summed E-state index contributed by atoms with van der Waals surface area (Å²) < 4.78 is 0. The van der Waals surface area contributed by atoms with Crippen molar-refractivity contribution >= 4 is 0 Å². The molecule has 0 aromatic carbocycles. The summed E-state index contributed by atoms with van der Waals surface area (Å²) in [6, 6.07) is 0.443. The Bertz CT molecular complexity index is 169. The molecule has 0 unspecified atom stereocenters. The van der Waals surface area contributed by atoms with Gasteiger partial charge in [-0.1, -0.05) is 12.8 Å². The topological polar surface area (TPSA) is 29.3 Å². The molecule has 2 heteroatoms. The number of hydrogen-bond donors (Lipinski definition) is 1. The van der Waals surface area contributed by atoms with Gasteiger partial charge in [0.25, 0.3) is 0 Å². The number of likely N-dealkylation sites (N-methyl/N-ethyl adjacent to an activating group) is 1. The molecule has 2 N–H and O–H groups in total. The van der Waals surface area contributed by atoms with Crippen molar-refractivity contribution in [2.45, 2.75) is 50.1 Å². The Morgan fingerprint density at radius 1 is 1.25 bits per heavy atom. The molecule has 1 aliphatic heterocycles. The SMILES string of the molecule is CN1CCC[C@@]12CCCC[C@@H]2N. The van der Waals surface area contributed by atoms with E-state index in [1.54, 1.807) is 0 Å². The molecule has 0 amide bonds. The minimum Gasteiger partial charge on any atom is -0.326 e. The van der Waals surface area contributed by atoms with Crippen LogP contribution in [0.2, 0.25) is 0 Å². The third-order valence-electron chi connectivity index (χ3n) is 3.93. The minimum atomic E-state index is 0.401. The summed E-state index contributed by atoms with van der Waals surface area (Å²) in [6.07, 6.45) is 8.00. The van der Waals surface area contributed by atoms with Crippen molar-refractivity contribution in [1.29, 1.82) is 0 Å². The van der Waals surface area contributed by atoms with Gasteiger partial charge in [-0.05, 0) is 39.3 Å². The van der Waals surface area contributed by atoms with E-state index in [9.17, 15) is 0 Å². The van der Waals surface area contributed by atoms with Crippen LogP contribution in [0.1, 0.15) is 38.5 Å². The zero-order valence-electron chi connectivity index (χ0n) is 8.05. The molecule has 2 atom stereocenters. The Kier molecular flexibility index (Phi) is 2.13. The van der Waals surface area contributed by atoms with Gasteiger partial charge in [-0.25, -0.2) is 0 Å². The van der Waals surface area contributed by atoms with Gasteiger partial charge in [-0.3, -0.25) is 4.90 Å². The molecule has 1 saturated carbocycles. The van der Waals surface area contributed by atoms with Crippen LogP contribution < -0.4 is 5.73 Å². The highest BCUT2D eigenvalue weighted by Crippen LogP contribution is 2.39. The summed E-state index contributed by atoms with van der Waals surface area (Å²) in [7, 11) is 2.25. The first-order valence-corrected chi connectivity index (χ1v) is 5.22. The van der Waals surface area contributed by atoms with E-state index in [2.05, 4.69) is 11.9 Å². The molecule has 1 aliphatic carbocycles. The molecular weight excluding hydrogens is 148 g/mol. The van der Waals surface area contributed by atoms with Gasteiger partial charge in [0.05, 0.1) is 0 Å². The fourth-order valence-corrected chi connectivity index (χ4v) is 3.07. The number of hydrogen-bond acceptors (Lipinski definition) is 2. The molecule has 0 aromatic rings. The van der Waals surface area contributed by atoms with Crippen molar-refractivity contribution in [3.05, 3.63) is 0 Å². The Morgan fingerprint density at radius 2 is 2.00 bits per heavy atom. The minimum absolute atomic E-state index is 0.401. The molecule has 2 nitrogen and oxygen atoms in total. The van der Waals surface area contributed by atoms with Crippen molar-refractivity contribution < 1.29 is 0 Å². The van der Waals surface area contributed by atoms with E-state index in [1.165, 1.54) is 45.1 Å². The first kappa shape index (κ1) is 8.52. The van der Waals surface area contributed by atoms with Crippen LogP contribution in [0.4, 0.5) is 0 Å². The van der Waals surface area contributed by atoms with Crippen LogP contribution in [0.3, 0.4) is 0 Å². The highest BCUT2D eigenvalue weighted by molar-refractivity contribution is 5.03. The third kappa shape index (κ3) is 1.09. The van der Waals surface area contributed by atoms with Crippen molar-refractivity contribution in [3.8, 4) is 0 Å². The molecule has 1 saturated heterocycles. The number of nitrogens with zero attached hydrogens (tertiary/aromatic N) is 1. The molecule has 0 aromatic heterocycles. The van der Waals surface area contributed by atoms with Gasteiger partial charge in [0.1, 0.15) is 0 Å². The van der Waals surface area contributed by atoms with E-state index < -0.39 is 0 Å². The summed E-state index contributed by atoms with van der Waals surface area (Å²) in [5.74, 6) is 0. The zero-order chi connectivity index (χ0) is 8.60. The molecule has 1 heterocycles. The molecule has 2 rings (SSSR count). The Hall–Kier alpha value is -0.0800. The molecular formula is C10H20N2. The van der Waals surface area contributed by atoms with Gasteiger partial charge in [0.15, 0.2) is 0 Å². The lowest BCUT2D eigenvalue weighted by Gasteiger charge is -2.44. The van der Waals surface area contributed by atoms with Crippen LogP contribution in [0, 0.1) is 0 Å². The van der Waals surface area contributed by atoms with Crippen LogP contribution in [-0.4, -0.2) is 30.1 Å². The molecule has 2 aliphatic rings. The van der Waals surface area contributed by atoms with Gasteiger partial charge in [-0.2, -0.15) is 0 Å². The summed E-state index contributed by atoms with van der Waals surface area (Å²) >= 11 is 0. The number of likely N-dealkylation sites (tertiary alicyclic amines) is 1. The lowest BCUT2D eigenvalue weighted by Crippen LogP contribution is -2.56. The number of rotatable bonds is 0. The van der Waals surface area contributed by atoms with Crippen LogP contribution in [0.15, 0.2) is 0 Å². The second-order valence-corrected chi connectivity index (χ2v) is 4.48. The standard InChI is InChI=1S/C10H20N2/c1-12-8-4-7-10(12)6-3-2-5-9(10)11/h9H,2-8,11H2,1H3/t9-,10+/m0/s1. The van der Waals surface area contributed by atoms with Crippen molar-refractivity contribution in [1.82, 2.24) is 4.90 Å². The summed E-state index contributed by atoms with van der Waals surface area (Å²) in [6.45, 7) is 1.26. The quantitative estimate of drug-likeness (QED) is 0.591. The first-order chi connectivity index (χ1) is 5.76. The first-order valence-electron chi connectivity index (χ1n) is 5.22. The molecule has 70 valence electrons. The molecule has 2 fully saturated rings. The van der Waals surface area contributed by atoms with Crippen molar-refractivity contribution in [3.63, 3.8) is 0 Å². The van der Waals surface area contributed by atoms with E-state index >= 15 is 0 Å². The molecule has 0 radical (unpaired) electrons. The lowest BCUT2D eigenvalue weighted by atomic mass is 9.76. The van der Waals surface area contributed by atoms with Crippen LogP contribution >= 0.6 is 0 Å². The maximum absolute atomic E-state index is 6.22. The maximum atomic E-state index is 6.22. The van der Waals surface area contributed by atoms with E-state index in [4.69, 9.17) is 5.73 Å². The normalized spacial score (nSPS) is 44.0. The van der Waals surface area contributed by atoms with Gasteiger partial charge in [-0.15, -0.1) is 0 Å². The predicted octanol–water partition coefficient (Wildman–Crippen LogP) is 1.35. The summed E-state index contributed by atoms with van der Waals surface area (Å²) in [4.78, 5) is 2.51. The average molecular weight is 168 g/mol.